The zero-order chi connectivity index (χ0) is 21.5. The molecule has 0 aliphatic carbocycles. The molecular formula is C23H31N3O5. The second-order valence-electron chi connectivity index (χ2n) is 8.28. The fraction of sp³-hybridized carbons (Fsp3) is 0.565. The summed E-state index contributed by atoms with van der Waals surface area (Å²) in [7, 11) is 0. The Morgan fingerprint density at radius 2 is 2.00 bits per heavy atom. The lowest BCUT2D eigenvalue weighted by Crippen LogP contribution is -2.46. The van der Waals surface area contributed by atoms with Crippen LogP contribution in [0, 0.1) is 0 Å². The molecule has 2 aromatic rings. The molecule has 1 aromatic carbocycles. The van der Waals surface area contributed by atoms with E-state index in [1.54, 1.807) is 0 Å². The molecule has 8 nitrogen and oxygen atoms in total. The molecule has 31 heavy (non-hydrogen) atoms. The first-order valence-corrected chi connectivity index (χ1v) is 11.0. The maximum atomic E-state index is 12.2. The molecule has 168 valence electrons. The Bertz CT molecular complexity index is 822. The fourth-order valence-electron chi connectivity index (χ4n) is 4.08. The highest BCUT2D eigenvalue weighted by atomic mass is 16.5. The Morgan fingerprint density at radius 3 is 2.81 bits per heavy atom. The lowest BCUT2D eigenvalue weighted by Gasteiger charge is -2.33. The summed E-state index contributed by atoms with van der Waals surface area (Å²) in [5.41, 5.74) is 1.82. The van der Waals surface area contributed by atoms with Crippen LogP contribution in [0.2, 0.25) is 0 Å². The number of morpholine rings is 1. The predicted octanol–water partition coefficient (Wildman–Crippen LogP) is 1.32. The van der Waals surface area contributed by atoms with Crippen LogP contribution in [0.5, 0.6) is 0 Å². The molecule has 8 heteroatoms. The summed E-state index contributed by atoms with van der Waals surface area (Å²) < 4.78 is 17.0. The maximum absolute atomic E-state index is 12.2. The van der Waals surface area contributed by atoms with Crippen molar-refractivity contribution in [1.29, 1.82) is 0 Å². The Labute approximate surface area is 182 Å². The van der Waals surface area contributed by atoms with Crippen molar-refractivity contribution in [2.75, 3.05) is 32.8 Å². The van der Waals surface area contributed by atoms with Crippen LogP contribution in [-0.2, 0) is 33.7 Å². The first-order valence-electron chi connectivity index (χ1n) is 11.0. The first kappa shape index (κ1) is 22.0. The van der Waals surface area contributed by atoms with Gasteiger partial charge >= 0.3 is 0 Å². The Morgan fingerprint density at radius 1 is 1.19 bits per heavy atom. The Hall–Kier alpha value is -2.26. The van der Waals surface area contributed by atoms with E-state index in [4.69, 9.17) is 14.0 Å². The molecule has 2 fully saturated rings. The number of nitrogens with zero attached hydrogens (tertiary/aromatic N) is 2. The number of nitrogens with one attached hydrogen (secondary N) is 1. The summed E-state index contributed by atoms with van der Waals surface area (Å²) in [5, 5.41) is 17.4. The molecule has 0 bridgehead atoms. The van der Waals surface area contributed by atoms with Crippen molar-refractivity contribution in [3.63, 3.8) is 0 Å². The van der Waals surface area contributed by atoms with Gasteiger partial charge in [-0.25, -0.2) is 0 Å². The van der Waals surface area contributed by atoms with E-state index in [9.17, 15) is 9.90 Å². The fourth-order valence-corrected chi connectivity index (χ4v) is 4.08. The minimum Gasteiger partial charge on any atom is -0.390 e. The largest absolute Gasteiger partial charge is 0.390 e. The molecule has 2 saturated heterocycles. The van der Waals surface area contributed by atoms with Gasteiger partial charge in [0.2, 0.25) is 5.91 Å². The molecule has 0 radical (unpaired) electrons. The summed E-state index contributed by atoms with van der Waals surface area (Å²) in [6, 6.07) is 11.6. The van der Waals surface area contributed by atoms with Gasteiger partial charge in [-0.15, -0.1) is 0 Å². The van der Waals surface area contributed by atoms with Crippen LogP contribution in [0.4, 0.5) is 0 Å². The van der Waals surface area contributed by atoms with E-state index in [0.29, 0.717) is 25.8 Å². The smallest absolute Gasteiger partial charge is 0.224 e. The quantitative estimate of drug-likeness (QED) is 0.653. The second-order valence-corrected chi connectivity index (χ2v) is 8.28. The zero-order valence-corrected chi connectivity index (χ0v) is 17.7. The highest BCUT2D eigenvalue weighted by molar-refractivity contribution is 5.78. The standard InChI is InChI=1S/C23H31N3O5/c27-21-7-6-19(13-18-14-20(31-25-18)16-26-8-10-29-11-9-26)30-22(21)15-24-23(28)12-17-4-2-1-3-5-17/h1-5,14,19,21-22,27H,6-13,15-16H2,(H,24,28). The van der Waals surface area contributed by atoms with Gasteiger partial charge in [-0.05, 0) is 18.4 Å². The van der Waals surface area contributed by atoms with E-state index in [1.807, 2.05) is 36.4 Å². The Balaban J connectivity index is 1.23. The summed E-state index contributed by atoms with van der Waals surface area (Å²) >= 11 is 0. The maximum Gasteiger partial charge on any atom is 0.224 e. The number of aliphatic hydroxyl groups excluding tert-OH is 1. The van der Waals surface area contributed by atoms with Crippen LogP contribution in [0.25, 0.3) is 0 Å². The number of ether oxygens (including phenoxy) is 2. The van der Waals surface area contributed by atoms with Gasteiger partial charge < -0.3 is 24.4 Å². The van der Waals surface area contributed by atoms with Crippen molar-refractivity contribution in [3.05, 3.63) is 53.4 Å². The first-order chi connectivity index (χ1) is 15.2. The molecule has 0 saturated carbocycles. The van der Waals surface area contributed by atoms with Gasteiger partial charge in [0.15, 0.2) is 5.76 Å². The summed E-state index contributed by atoms with van der Waals surface area (Å²) in [5.74, 6) is 0.769. The van der Waals surface area contributed by atoms with Crippen LogP contribution in [0.3, 0.4) is 0 Å². The van der Waals surface area contributed by atoms with Gasteiger partial charge in [0.25, 0.3) is 0 Å². The molecule has 4 rings (SSSR count). The molecule has 1 amide bonds. The highest BCUT2D eigenvalue weighted by Crippen LogP contribution is 2.23. The predicted molar refractivity (Wildman–Crippen MR) is 113 cm³/mol. The number of aromatic nitrogens is 1. The molecule has 2 N–H and O–H groups in total. The number of hydrogen-bond donors (Lipinski definition) is 2. The van der Waals surface area contributed by atoms with Crippen LogP contribution < -0.4 is 5.32 Å². The number of benzene rings is 1. The molecule has 3 unspecified atom stereocenters. The number of aliphatic hydroxyl groups is 1. The average Bonchev–Trinajstić information content (AvgIpc) is 3.22. The lowest BCUT2D eigenvalue weighted by atomic mass is 9.98. The van der Waals surface area contributed by atoms with Crippen LogP contribution in [-0.4, -0.2) is 72.2 Å². The van der Waals surface area contributed by atoms with E-state index in [1.165, 1.54) is 0 Å². The van der Waals surface area contributed by atoms with Gasteiger partial charge in [0.1, 0.15) is 6.10 Å². The summed E-state index contributed by atoms with van der Waals surface area (Å²) in [6.45, 7) is 4.33. The molecule has 3 atom stereocenters. The summed E-state index contributed by atoms with van der Waals surface area (Å²) in [6.07, 6.45) is 1.29. The molecule has 0 spiro atoms. The number of carbonyl (C=O) groups is 1. The third-order valence-corrected chi connectivity index (χ3v) is 5.82. The number of amides is 1. The van der Waals surface area contributed by atoms with E-state index in [2.05, 4.69) is 15.4 Å². The molecular weight excluding hydrogens is 398 g/mol. The van der Waals surface area contributed by atoms with Gasteiger partial charge in [-0.2, -0.15) is 0 Å². The normalized spacial score (nSPS) is 24.7. The average molecular weight is 430 g/mol. The monoisotopic (exact) mass is 429 g/mol. The molecule has 1 aromatic heterocycles. The van der Waals surface area contributed by atoms with E-state index in [0.717, 1.165) is 56.3 Å². The number of carbonyl (C=O) groups excluding carboxylic acids is 1. The second kappa shape index (κ2) is 10.9. The van der Waals surface area contributed by atoms with E-state index >= 15 is 0 Å². The Kier molecular flexibility index (Phi) is 7.69. The van der Waals surface area contributed by atoms with E-state index < -0.39 is 12.2 Å². The minimum absolute atomic E-state index is 0.0548. The number of hydrogen-bond acceptors (Lipinski definition) is 7. The van der Waals surface area contributed by atoms with Crippen molar-refractivity contribution in [3.8, 4) is 0 Å². The van der Waals surface area contributed by atoms with Crippen molar-refractivity contribution in [2.45, 2.75) is 50.5 Å². The molecule has 2 aliphatic heterocycles. The highest BCUT2D eigenvalue weighted by Gasteiger charge is 2.31. The van der Waals surface area contributed by atoms with Gasteiger partial charge in [-0.1, -0.05) is 35.5 Å². The van der Waals surface area contributed by atoms with Crippen LogP contribution >= 0.6 is 0 Å². The van der Waals surface area contributed by atoms with Crippen molar-refractivity contribution in [1.82, 2.24) is 15.4 Å². The van der Waals surface area contributed by atoms with Crippen molar-refractivity contribution >= 4 is 5.91 Å². The third-order valence-electron chi connectivity index (χ3n) is 5.82. The van der Waals surface area contributed by atoms with Gasteiger partial charge in [0, 0.05) is 32.1 Å². The summed E-state index contributed by atoms with van der Waals surface area (Å²) in [4.78, 5) is 14.5. The molecule has 3 heterocycles. The van der Waals surface area contributed by atoms with Crippen molar-refractivity contribution in [2.24, 2.45) is 0 Å². The zero-order valence-electron chi connectivity index (χ0n) is 17.7. The SMILES string of the molecule is O=C(Cc1ccccc1)NCC1OC(Cc2cc(CN3CCOCC3)on2)CCC1O. The lowest BCUT2D eigenvalue weighted by molar-refractivity contribution is -0.128. The molecule has 2 aliphatic rings. The minimum atomic E-state index is -0.581. The van der Waals surface area contributed by atoms with Crippen molar-refractivity contribution < 1.29 is 23.9 Å². The van der Waals surface area contributed by atoms with Gasteiger partial charge in [0.05, 0.1) is 44.1 Å². The topological polar surface area (TPSA) is 97.1 Å². The number of rotatable bonds is 8. The van der Waals surface area contributed by atoms with E-state index in [-0.39, 0.29) is 12.0 Å². The van der Waals surface area contributed by atoms with Gasteiger partial charge in [-0.3, -0.25) is 9.69 Å². The van der Waals surface area contributed by atoms with Crippen LogP contribution in [0.1, 0.15) is 29.9 Å². The third kappa shape index (κ3) is 6.61. The van der Waals surface area contributed by atoms with Crippen LogP contribution in [0.15, 0.2) is 40.9 Å².